The van der Waals surface area contributed by atoms with Gasteiger partial charge in [-0.15, -0.1) is 0 Å². The summed E-state index contributed by atoms with van der Waals surface area (Å²) in [6, 6.07) is 0. The number of carboxylic acids is 2. The average Bonchev–Trinajstić information content (AvgIpc) is 3.22. The molecular weight excluding hydrogens is 448 g/mol. The molecule has 0 amide bonds. The standard InChI is InChI=1S/C24H38O6S2/c1-23(2,21(25)26)15-5-7-17-9-11-19(31(17)29)13-14-20-12-10-18(32(20)30)8-6-16-24(3,4)22(27)28/h11-12,17-18H,5-10,13-16H2,1-4H3,(H,25,26)(H,27,28). The second kappa shape index (κ2) is 11.2. The third kappa shape index (κ3) is 7.11. The maximum atomic E-state index is 12.8. The Labute approximate surface area is 196 Å². The van der Waals surface area contributed by atoms with E-state index in [9.17, 15) is 28.2 Å². The Morgan fingerprint density at radius 3 is 1.47 bits per heavy atom. The van der Waals surface area contributed by atoms with E-state index in [0.29, 0.717) is 25.7 Å². The Morgan fingerprint density at radius 2 is 1.16 bits per heavy atom. The maximum absolute atomic E-state index is 12.8. The molecular formula is C24H38O6S2. The van der Waals surface area contributed by atoms with Crippen LogP contribution in [0.5, 0.6) is 0 Å². The second-order valence-corrected chi connectivity index (χ2v) is 13.9. The van der Waals surface area contributed by atoms with Crippen molar-refractivity contribution in [2.75, 3.05) is 0 Å². The van der Waals surface area contributed by atoms with Crippen molar-refractivity contribution in [3.8, 4) is 0 Å². The summed E-state index contributed by atoms with van der Waals surface area (Å²) in [5, 5.41) is 18.6. The van der Waals surface area contributed by atoms with Crippen LogP contribution in [-0.2, 0) is 31.2 Å². The molecule has 0 bridgehead atoms. The number of aliphatic carboxylic acids is 2. The molecule has 2 heterocycles. The molecule has 0 aromatic rings. The van der Waals surface area contributed by atoms with Crippen molar-refractivity contribution in [2.45, 2.75) is 102 Å². The molecule has 0 aromatic heterocycles. The first-order chi connectivity index (χ1) is 14.8. The smallest absolute Gasteiger partial charge is 0.309 e. The number of allylic oxidation sites excluding steroid dienone is 4. The zero-order chi connectivity index (χ0) is 24.1. The Bertz CT molecular complexity index is 756. The van der Waals surface area contributed by atoms with Crippen molar-refractivity contribution in [1.29, 1.82) is 0 Å². The molecule has 0 spiro atoms. The van der Waals surface area contributed by atoms with E-state index >= 15 is 0 Å². The first-order valence-corrected chi connectivity index (χ1v) is 13.9. The molecule has 8 heteroatoms. The van der Waals surface area contributed by atoms with Gasteiger partial charge in [-0.3, -0.25) is 18.0 Å². The molecule has 182 valence electrons. The zero-order valence-electron chi connectivity index (χ0n) is 19.7. The molecule has 2 N–H and O–H groups in total. The van der Waals surface area contributed by atoms with Crippen LogP contribution in [0.15, 0.2) is 22.0 Å². The van der Waals surface area contributed by atoms with E-state index in [-0.39, 0.29) is 10.5 Å². The van der Waals surface area contributed by atoms with E-state index in [1.165, 1.54) is 0 Å². The van der Waals surface area contributed by atoms with Crippen LogP contribution in [0.4, 0.5) is 0 Å². The highest BCUT2D eigenvalue weighted by molar-refractivity contribution is 7.90. The van der Waals surface area contributed by atoms with Crippen LogP contribution in [0.1, 0.15) is 91.9 Å². The largest absolute Gasteiger partial charge is 0.481 e. The van der Waals surface area contributed by atoms with Crippen LogP contribution in [0.2, 0.25) is 0 Å². The van der Waals surface area contributed by atoms with Gasteiger partial charge >= 0.3 is 11.9 Å². The van der Waals surface area contributed by atoms with Gasteiger partial charge in [0.15, 0.2) is 0 Å². The monoisotopic (exact) mass is 486 g/mol. The van der Waals surface area contributed by atoms with E-state index in [1.807, 2.05) is 12.2 Å². The highest BCUT2D eigenvalue weighted by Gasteiger charge is 2.32. The number of hydrogen-bond donors (Lipinski definition) is 2. The van der Waals surface area contributed by atoms with Crippen LogP contribution in [0.3, 0.4) is 0 Å². The van der Waals surface area contributed by atoms with Crippen LogP contribution in [0, 0.1) is 10.8 Å². The van der Waals surface area contributed by atoms with Crippen molar-refractivity contribution in [2.24, 2.45) is 10.8 Å². The summed E-state index contributed by atoms with van der Waals surface area (Å²) >= 11 is 0. The zero-order valence-corrected chi connectivity index (χ0v) is 21.4. The van der Waals surface area contributed by atoms with Crippen LogP contribution >= 0.6 is 0 Å². The van der Waals surface area contributed by atoms with Gasteiger partial charge in [0.05, 0.1) is 32.4 Å². The SMILES string of the molecule is CC(C)(CCCC1CC=C(CCC2=CCC(CCCC(C)(C)C(=O)O)S2=O)S1=O)C(=O)O. The minimum absolute atomic E-state index is 0.0583. The van der Waals surface area contributed by atoms with Crippen LogP contribution in [0.25, 0.3) is 0 Å². The molecule has 0 fully saturated rings. The number of rotatable bonds is 13. The predicted molar refractivity (Wildman–Crippen MR) is 129 cm³/mol. The summed E-state index contributed by atoms with van der Waals surface area (Å²) in [6.07, 6.45) is 11.1. The van der Waals surface area contributed by atoms with E-state index in [4.69, 9.17) is 0 Å². The van der Waals surface area contributed by atoms with Crippen LogP contribution in [-0.4, -0.2) is 41.1 Å². The molecule has 6 nitrogen and oxygen atoms in total. The lowest BCUT2D eigenvalue weighted by Gasteiger charge is -2.20. The fraction of sp³-hybridized carbons (Fsp3) is 0.750. The second-order valence-electron chi connectivity index (χ2n) is 10.3. The lowest BCUT2D eigenvalue weighted by Crippen LogP contribution is -2.24. The summed E-state index contributed by atoms with van der Waals surface area (Å²) in [6.45, 7) is 6.89. The summed E-state index contributed by atoms with van der Waals surface area (Å²) in [5.74, 6) is -1.60. The molecule has 2 aliphatic rings. The van der Waals surface area contributed by atoms with Gasteiger partial charge in [-0.25, -0.2) is 0 Å². The Balaban J connectivity index is 1.73. The van der Waals surface area contributed by atoms with Crippen molar-refractivity contribution in [1.82, 2.24) is 0 Å². The third-order valence-electron chi connectivity index (χ3n) is 6.77. The van der Waals surface area contributed by atoms with E-state index in [2.05, 4.69) is 0 Å². The molecule has 0 aliphatic carbocycles. The summed E-state index contributed by atoms with van der Waals surface area (Å²) in [4.78, 5) is 24.3. The van der Waals surface area contributed by atoms with Gasteiger partial charge in [-0.2, -0.15) is 0 Å². The Kier molecular flexibility index (Phi) is 9.46. The fourth-order valence-electron chi connectivity index (χ4n) is 4.15. The van der Waals surface area contributed by atoms with Gasteiger partial charge in [0, 0.05) is 20.3 Å². The molecule has 0 aromatic carbocycles. The molecule has 4 atom stereocenters. The first-order valence-electron chi connectivity index (χ1n) is 11.5. The average molecular weight is 487 g/mol. The minimum Gasteiger partial charge on any atom is -0.481 e. The molecule has 32 heavy (non-hydrogen) atoms. The Hall–Kier alpha value is -1.28. The lowest BCUT2D eigenvalue weighted by molar-refractivity contribution is -0.148. The number of carboxylic acid groups (broad SMARTS) is 2. The van der Waals surface area contributed by atoms with Gasteiger partial charge in [0.25, 0.3) is 0 Å². The van der Waals surface area contributed by atoms with Gasteiger partial charge < -0.3 is 10.2 Å². The van der Waals surface area contributed by atoms with Gasteiger partial charge in [-0.1, -0.05) is 25.0 Å². The van der Waals surface area contributed by atoms with Gasteiger partial charge in [0.2, 0.25) is 0 Å². The molecule has 0 saturated heterocycles. The maximum Gasteiger partial charge on any atom is 0.309 e. The highest BCUT2D eigenvalue weighted by Crippen LogP contribution is 2.35. The third-order valence-corrected chi connectivity index (χ3v) is 10.6. The fourth-order valence-corrected chi connectivity index (χ4v) is 7.44. The molecule has 0 radical (unpaired) electrons. The van der Waals surface area contributed by atoms with Crippen LogP contribution < -0.4 is 0 Å². The molecule has 2 aliphatic heterocycles. The number of carbonyl (C=O) groups is 2. The van der Waals surface area contributed by atoms with Crippen molar-refractivity contribution >= 4 is 33.5 Å². The summed E-state index contributed by atoms with van der Waals surface area (Å²) < 4.78 is 25.6. The van der Waals surface area contributed by atoms with Gasteiger partial charge in [0.1, 0.15) is 0 Å². The lowest BCUT2D eigenvalue weighted by atomic mass is 9.87. The first kappa shape index (κ1) is 27.0. The van der Waals surface area contributed by atoms with E-state index in [1.54, 1.807) is 27.7 Å². The topological polar surface area (TPSA) is 109 Å². The quantitative estimate of drug-likeness (QED) is 0.373. The number of hydrogen-bond acceptors (Lipinski definition) is 4. The highest BCUT2D eigenvalue weighted by atomic mass is 32.2. The Morgan fingerprint density at radius 1 is 0.812 bits per heavy atom. The van der Waals surface area contributed by atoms with Crippen molar-refractivity contribution in [3.05, 3.63) is 22.0 Å². The summed E-state index contributed by atoms with van der Waals surface area (Å²) in [5.41, 5.74) is -1.51. The molecule has 0 saturated carbocycles. The van der Waals surface area contributed by atoms with Crippen molar-refractivity contribution < 1.29 is 28.2 Å². The predicted octanol–water partition coefficient (Wildman–Crippen LogP) is 5.14. The summed E-state index contributed by atoms with van der Waals surface area (Å²) in [7, 11) is -2.09. The van der Waals surface area contributed by atoms with E-state index in [0.717, 1.165) is 48.3 Å². The van der Waals surface area contributed by atoms with Crippen molar-refractivity contribution in [3.63, 3.8) is 0 Å². The molecule has 4 unspecified atom stereocenters. The van der Waals surface area contributed by atoms with E-state index < -0.39 is 44.4 Å². The normalized spacial score (nSPS) is 26.1. The minimum atomic E-state index is -1.04. The molecule has 2 rings (SSSR count). The van der Waals surface area contributed by atoms with Gasteiger partial charge in [-0.05, 0) is 79.1 Å².